The number of methoxy groups -OCH3 is 1. The van der Waals surface area contributed by atoms with E-state index >= 15 is 0 Å². The summed E-state index contributed by atoms with van der Waals surface area (Å²) in [7, 11) is 1.58. The Labute approximate surface area is 171 Å². The molecule has 0 aliphatic carbocycles. The summed E-state index contributed by atoms with van der Waals surface area (Å²) in [5, 5.41) is 4.03. The zero-order valence-corrected chi connectivity index (χ0v) is 16.6. The summed E-state index contributed by atoms with van der Waals surface area (Å²) >= 11 is 7.63. The van der Waals surface area contributed by atoms with E-state index in [2.05, 4.69) is 10.3 Å². The number of ether oxygens (including phenoxy) is 1. The number of benzene rings is 3. The third kappa shape index (κ3) is 3.59. The fraction of sp³-hybridized carbons (Fsp3) is 0.0909. The highest BCUT2D eigenvalue weighted by Crippen LogP contribution is 2.38. The van der Waals surface area contributed by atoms with E-state index in [0.717, 1.165) is 15.8 Å². The molecule has 1 amide bonds. The van der Waals surface area contributed by atoms with Crippen LogP contribution in [0.1, 0.15) is 17.0 Å². The van der Waals surface area contributed by atoms with Gasteiger partial charge in [-0.3, -0.25) is 4.79 Å². The molecule has 1 N–H and O–H groups in total. The molecule has 0 saturated carbocycles. The molecule has 1 aromatic heterocycles. The molecule has 6 heteroatoms. The van der Waals surface area contributed by atoms with Gasteiger partial charge in [0.1, 0.15) is 11.3 Å². The minimum absolute atomic E-state index is 0.147. The third-order valence-electron chi connectivity index (χ3n) is 4.44. The lowest BCUT2D eigenvalue weighted by molar-refractivity contribution is -0.116. The summed E-state index contributed by atoms with van der Waals surface area (Å²) < 4.78 is 6.14. The quantitative estimate of drug-likeness (QED) is 0.458. The first-order valence-corrected chi connectivity index (χ1v) is 9.90. The number of nitrogens with one attached hydrogen (secondary N) is 1. The van der Waals surface area contributed by atoms with E-state index in [1.807, 2.05) is 60.7 Å². The number of thiazole rings is 1. The van der Waals surface area contributed by atoms with Gasteiger partial charge in [0.25, 0.3) is 0 Å². The molecular weight excluding hydrogens is 392 g/mol. The van der Waals surface area contributed by atoms with E-state index < -0.39 is 5.92 Å². The predicted molar refractivity (Wildman–Crippen MR) is 115 cm³/mol. The van der Waals surface area contributed by atoms with Crippen molar-refractivity contribution in [1.29, 1.82) is 0 Å². The Morgan fingerprint density at radius 3 is 2.18 bits per heavy atom. The number of carbonyl (C=O) groups is 1. The topological polar surface area (TPSA) is 51.2 Å². The van der Waals surface area contributed by atoms with Crippen molar-refractivity contribution in [3.05, 3.63) is 88.9 Å². The first kappa shape index (κ1) is 18.5. The smallest absolute Gasteiger partial charge is 0.238 e. The number of rotatable bonds is 5. The summed E-state index contributed by atoms with van der Waals surface area (Å²) in [4.78, 5) is 17.8. The highest BCUT2D eigenvalue weighted by atomic mass is 35.5. The normalized spacial score (nSPS) is 11.0. The lowest BCUT2D eigenvalue weighted by Gasteiger charge is -2.16. The van der Waals surface area contributed by atoms with Crippen molar-refractivity contribution in [3.63, 3.8) is 0 Å². The van der Waals surface area contributed by atoms with Crippen LogP contribution in [-0.2, 0) is 4.79 Å². The maximum Gasteiger partial charge on any atom is 0.238 e. The van der Waals surface area contributed by atoms with Crippen LogP contribution < -0.4 is 10.1 Å². The van der Waals surface area contributed by atoms with E-state index in [1.165, 1.54) is 11.3 Å². The fourth-order valence-electron chi connectivity index (χ4n) is 3.13. The molecule has 0 unspecified atom stereocenters. The Morgan fingerprint density at radius 2 is 1.61 bits per heavy atom. The minimum Gasteiger partial charge on any atom is -0.494 e. The lowest BCUT2D eigenvalue weighted by atomic mass is 9.90. The average molecular weight is 409 g/mol. The van der Waals surface area contributed by atoms with Gasteiger partial charge in [0.2, 0.25) is 5.91 Å². The SMILES string of the molecule is COc1ccc(Cl)c2sc(NC(=O)C(c3ccccc3)c3ccccc3)nc12. The van der Waals surface area contributed by atoms with E-state index in [1.54, 1.807) is 19.2 Å². The first-order chi connectivity index (χ1) is 13.7. The molecule has 3 aromatic carbocycles. The molecule has 0 spiro atoms. The highest BCUT2D eigenvalue weighted by molar-refractivity contribution is 7.23. The van der Waals surface area contributed by atoms with Crippen molar-refractivity contribution in [2.75, 3.05) is 12.4 Å². The van der Waals surface area contributed by atoms with Crippen LogP contribution in [0.25, 0.3) is 10.2 Å². The van der Waals surface area contributed by atoms with Crippen LogP contribution >= 0.6 is 22.9 Å². The summed E-state index contributed by atoms with van der Waals surface area (Å²) in [5.41, 5.74) is 2.48. The highest BCUT2D eigenvalue weighted by Gasteiger charge is 2.24. The lowest BCUT2D eigenvalue weighted by Crippen LogP contribution is -2.22. The second kappa shape index (κ2) is 8.00. The van der Waals surface area contributed by atoms with Crippen molar-refractivity contribution >= 4 is 44.2 Å². The van der Waals surface area contributed by atoms with Gasteiger partial charge in [0, 0.05) is 0 Å². The van der Waals surface area contributed by atoms with E-state index in [9.17, 15) is 4.79 Å². The van der Waals surface area contributed by atoms with Gasteiger partial charge in [0.05, 0.1) is 22.8 Å². The molecule has 0 fully saturated rings. The molecule has 0 saturated heterocycles. The molecule has 0 aliphatic rings. The van der Waals surface area contributed by atoms with Gasteiger partial charge in [-0.25, -0.2) is 4.98 Å². The molecule has 0 radical (unpaired) electrons. The zero-order valence-electron chi connectivity index (χ0n) is 15.1. The number of halogens is 1. The largest absolute Gasteiger partial charge is 0.494 e. The molecular formula is C22H17ClN2O2S. The van der Waals surface area contributed by atoms with Crippen LogP contribution in [-0.4, -0.2) is 18.0 Å². The Morgan fingerprint density at radius 1 is 1.00 bits per heavy atom. The molecule has 0 aliphatic heterocycles. The second-order valence-corrected chi connectivity index (χ2v) is 7.60. The van der Waals surface area contributed by atoms with Gasteiger partial charge in [0.15, 0.2) is 5.13 Å². The molecule has 4 rings (SSSR count). The predicted octanol–water partition coefficient (Wildman–Crippen LogP) is 5.73. The van der Waals surface area contributed by atoms with Crippen molar-refractivity contribution in [2.24, 2.45) is 0 Å². The molecule has 28 heavy (non-hydrogen) atoms. The van der Waals surface area contributed by atoms with Gasteiger partial charge >= 0.3 is 0 Å². The first-order valence-electron chi connectivity index (χ1n) is 8.71. The maximum atomic E-state index is 13.2. The van der Waals surface area contributed by atoms with E-state index in [0.29, 0.717) is 21.4 Å². The van der Waals surface area contributed by atoms with Gasteiger partial charge in [-0.1, -0.05) is 83.6 Å². The van der Waals surface area contributed by atoms with E-state index in [-0.39, 0.29) is 5.91 Å². The Hall–Kier alpha value is -2.89. The number of hydrogen-bond acceptors (Lipinski definition) is 4. The molecule has 0 atom stereocenters. The number of nitrogens with zero attached hydrogens (tertiary/aromatic N) is 1. The number of hydrogen-bond donors (Lipinski definition) is 1. The number of aromatic nitrogens is 1. The van der Waals surface area contributed by atoms with Crippen molar-refractivity contribution < 1.29 is 9.53 Å². The Kier molecular flexibility index (Phi) is 5.28. The number of carbonyl (C=O) groups excluding carboxylic acids is 1. The molecule has 4 aromatic rings. The Balaban J connectivity index is 1.71. The van der Waals surface area contributed by atoms with Gasteiger partial charge in [-0.2, -0.15) is 0 Å². The van der Waals surface area contributed by atoms with E-state index in [4.69, 9.17) is 16.3 Å². The fourth-order valence-corrected chi connectivity index (χ4v) is 4.29. The summed E-state index contributed by atoms with van der Waals surface area (Å²) in [6.07, 6.45) is 0. The van der Waals surface area contributed by atoms with Crippen LogP contribution in [0.4, 0.5) is 5.13 Å². The average Bonchev–Trinajstić information content (AvgIpc) is 3.15. The van der Waals surface area contributed by atoms with Gasteiger partial charge in [-0.15, -0.1) is 0 Å². The number of amides is 1. The molecule has 1 heterocycles. The van der Waals surface area contributed by atoms with Crippen molar-refractivity contribution in [3.8, 4) is 5.75 Å². The van der Waals surface area contributed by atoms with Gasteiger partial charge in [-0.05, 0) is 23.3 Å². The third-order valence-corrected chi connectivity index (χ3v) is 5.87. The van der Waals surface area contributed by atoms with Crippen LogP contribution in [0, 0.1) is 0 Å². The van der Waals surface area contributed by atoms with Crippen LogP contribution in [0.15, 0.2) is 72.8 Å². The maximum absolute atomic E-state index is 13.2. The standard InChI is InChI=1S/C22H17ClN2O2S/c1-27-17-13-12-16(23)20-19(17)24-22(28-20)25-21(26)18(14-8-4-2-5-9-14)15-10-6-3-7-11-15/h2-13,18H,1H3,(H,24,25,26). The van der Waals surface area contributed by atoms with Crippen molar-refractivity contribution in [2.45, 2.75) is 5.92 Å². The van der Waals surface area contributed by atoms with Crippen molar-refractivity contribution in [1.82, 2.24) is 4.98 Å². The zero-order chi connectivity index (χ0) is 19.5. The minimum atomic E-state index is -0.438. The summed E-state index contributed by atoms with van der Waals surface area (Å²) in [5.74, 6) is 0.0390. The van der Waals surface area contributed by atoms with Crippen LogP contribution in [0.5, 0.6) is 5.75 Å². The Bertz CT molecular complexity index is 1070. The molecule has 140 valence electrons. The monoisotopic (exact) mass is 408 g/mol. The number of anilines is 1. The number of fused-ring (bicyclic) bond motifs is 1. The van der Waals surface area contributed by atoms with Crippen LogP contribution in [0.2, 0.25) is 5.02 Å². The van der Waals surface area contributed by atoms with Gasteiger partial charge < -0.3 is 10.1 Å². The summed E-state index contributed by atoms with van der Waals surface area (Å²) in [6.45, 7) is 0. The van der Waals surface area contributed by atoms with Crippen LogP contribution in [0.3, 0.4) is 0 Å². The second-order valence-electron chi connectivity index (χ2n) is 6.19. The molecule has 4 nitrogen and oxygen atoms in total. The summed E-state index contributed by atoms with van der Waals surface area (Å²) in [6, 6.07) is 23.0. The molecule has 0 bridgehead atoms.